The fraction of sp³-hybridized carbons (Fsp3) is 0.462. The maximum Gasteiger partial charge on any atom is 0.196 e. The Bertz CT molecular complexity index is 431. The average Bonchev–Trinajstić information content (AvgIpc) is 2.61. The first-order valence-electron chi connectivity index (χ1n) is 5.74. The highest BCUT2D eigenvalue weighted by atomic mass is 35.5. The molecule has 0 aromatic heterocycles. The van der Waals surface area contributed by atoms with Crippen molar-refractivity contribution in [2.45, 2.75) is 26.8 Å². The number of anilines is 1. The molecule has 17 heavy (non-hydrogen) atoms. The van der Waals surface area contributed by atoms with Gasteiger partial charge in [0.15, 0.2) is 5.96 Å². The predicted molar refractivity (Wildman–Crippen MR) is 73.7 cm³/mol. The second-order valence-corrected chi connectivity index (χ2v) is 5.86. The van der Waals surface area contributed by atoms with Gasteiger partial charge >= 0.3 is 0 Å². The highest BCUT2D eigenvalue weighted by Crippen LogP contribution is 2.32. The van der Waals surface area contributed by atoms with Crippen molar-refractivity contribution >= 4 is 23.2 Å². The molecule has 2 N–H and O–H groups in total. The van der Waals surface area contributed by atoms with Gasteiger partial charge in [-0.1, -0.05) is 32.4 Å². The third kappa shape index (κ3) is 2.39. The summed E-state index contributed by atoms with van der Waals surface area (Å²) in [6.07, 6.45) is 0. The van der Waals surface area contributed by atoms with Crippen LogP contribution in [0, 0.1) is 5.41 Å². The normalized spacial score (nSPS) is 20.6. The van der Waals surface area contributed by atoms with E-state index in [1.807, 2.05) is 24.3 Å². The van der Waals surface area contributed by atoms with Crippen molar-refractivity contribution in [3.05, 3.63) is 29.3 Å². The Morgan fingerprint density at radius 3 is 2.41 bits per heavy atom. The van der Waals surface area contributed by atoms with Gasteiger partial charge in [0.05, 0.1) is 12.6 Å². The molecule has 1 aromatic carbocycles. The lowest BCUT2D eigenvalue weighted by atomic mass is 9.86. The summed E-state index contributed by atoms with van der Waals surface area (Å²) >= 11 is 5.90. The van der Waals surface area contributed by atoms with E-state index >= 15 is 0 Å². The van der Waals surface area contributed by atoms with Crippen molar-refractivity contribution < 1.29 is 0 Å². The molecule has 3 nitrogen and oxygen atoms in total. The molecule has 0 spiro atoms. The fourth-order valence-electron chi connectivity index (χ4n) is 2.07. The summed E-state index contributed by atoms with van der Waals surface area (Å²) < 4.78 is 0. The SMILES string of the molecule is CC(C)(C)C1CN=C(N)N1c1ccc(Cl)cc1. The largest absolute Gasteiger partial charge is 0.370 e. The van der Waals surface area contributed by atoms with E-state index in [1.54, 1.807) is 0 Å². The molecule has 0 saturated heterocycles. The lowest BCUT2D eigenvalue weighted by Crippen LogP contribution is -2.47. The van der Waals surface area contributed by atoms with Crippen molar-refractivity contribution in [3.63, 3.8) is 0 Å². The van der Waals surface area contributed by atoms with E-state index in [9.17, 15) is 0 Å². The van der Waals surface area contributed by atoms with Crippen LogP contribution in [0.4, 0.5) is 5.69 Å². The summed E-state index contributed by atoms with van der Waals surface area (Å²) in [5, 5.41) is 0.732. The summed E-state index contributed by atoms with van der Waals surface area (Å²) in [7, 11) is 0. The molecular formula is C13H18ClN3. The van der Waals surface area contributed by atoms with Gasteiger partial charge in [-0.3, -0.25) is 4.99 Å². The van der Waals surface area contributed by atoms with Crippen molar-refractivity contribution in [1.29, 1.82) is 0 Å². The molecule has 2 rings (SSSR count). The molecule has 92 valence electrons. The molecule has 1 aliphatic heterocycles. The molecule has 1 heterocycles. The van der Waals surface area contributed by atoms with Crippen LogP contribution in [0.25, 0.3) is 0 Å². The minimum atomic E-state index is 0.129. The van der Waals surface area contributed by atoms with Gasteiger partial charge < -0.3 is 10.6 Å². The smallest absolute Gasteiger partial charge is 0.196 e. The molecule has 4 heteroatoms. The predicted octanol–water partition coefficient (Wildman–Crippen LogP) is 2.89. The van der Waals surface area contributed by atoms with Gasteiger partial charge in [-0.05, 0) is 29.7 Å². The third-order valence-corrected chi connectivity index (χ3v) is 3.34. The van der Waals surface area contributed by atoms with Gasteiger partial charge in [-0.25, -0.2) is 0 Å². The number of hydrogen-bond acceptors (Lipinski definition) is 3. The Balaban J connectivity index is 2.34. The lowest BCUT2D eigenvalue weighted by Gasteiger charge is -2.35. The van der Waals surface area contributed by atoms with Crippen molar-refractivity contribution in [2.75, 3.05) is 11.4 Å². The number of nitrogens with zero attached hydrogens (tertiary/aromatic N) is 2. The quantitative estimate of drug-likeness (QED) is 0.834. The highest BCUT2D eigenvalue weighted by Gasteiger charge is 2.36. The van der Waals surface area contributed by atoms with Gasteiger partial charge in [0.1, 0.15) is 0 Å². The van der Waals surface area contributed by atoms with Crippen LogP contribution in [0.2, 0.25) is 5.02 Å². The molecule has 0 fully saturated rings. The number of hydrogen-bond donors (Lipinski definition) is 1. The second-order valence-electron chi connectivity index (χ2n) is 5.43. The molecule has 1 atom stereocenters. The first kappa shape index (κ1) is 12.2. The Hall–Kier alpha value is -1.22. The molecular weight excluding hydrogens is 234 g/mol. The van der Waals surface area contributed by atoms with Gasteiger partial charge in [0.25, 0.3) is 0 Å². The van der Waals surface area contributed by atoms with E-state index in [-0.39, 0.29) is 5.41 Å². The van der Waals surface area contributed by atoms with E-state index in [0.717, 1.165) is 17.3 Å². The van der Waals surface area contributed by atoms with E-state index in [4.69, 9.17) is 17.3 Å². The van der Waals surface area contributed by atoms with Crippen LogP contribution in [0.1, 0.15) is 20.8 Å². The topological polar surface area (TPSA) is 41.6 Å². The molecule has 1 unspecified atom stereocenters. The van der Waals surface area contributed by atoms with E-state index in [0.29, 0.717) is 12.0 Å². The number of nitrogens with two attached hydrogens (primary N) is 1. The monoisotopic (exact) mass is 251 g/mol. The average molecular weight is 252 g/mol. The first-order chi connectivity index (χ1) is 7.89. The summed E-state index contributed by atoms with van der Waals surface area (Å²) in [5.41, 5.74) is 7.16. The van der Waals surface area contributed by atoms with Gasteiger partial charge in [-0.2, -0.15) is 0 Å². The van der Waals surface area contributed by atoms with E-state index in [1.165, 1.54) is 0 Å². The van der Waals surface area contributed by atoms with Crippen LogP contribution in [0.3, 0.4) is 0 Å². The Morgan fingerprint density at radius 2 is 1.88 bits per heavy atom. The molecule has 0 bridgehead atoms. The van der Waals surface area contributed by atoms with Gasteiger partial charge in [-0.15, -0.1) is 0 Å². The van der Waals surface area contributed by atoms with Crippen molar-refractivity contribution in [1.82, 2.24) is 0 Å². The number of benzene rings is 1. The van der Waals surface area contributed by atoms with E-state index < -0.39 is 0 Å². The minimum Gasteiger partial charge on any atom is -0.370 e. The second kappa shape index (κ2) is 4.22. The molecule has 1 aromatic rings. The number of aliphatic imine (C=N–C) groups is 1. The van der Waals surface area contributed by atoms with Crippen molar-refractivity contribution in [3.8, 4) is 0 Å². The Labute approximate surface area is 107 Å². The zero-order valence-corrected chi connectivity index (χ0v) is 11.2. The maximum absolute atomic E-state index is 5.98. The third-order valence-electron chi connectivity index (χ3n) is 3.09. The lowest BCUT2D eigenvalue weighted by molar-refractivity contribution is 0.336. The standard InChI is InChI=1S/C13H18ClN3/c1-13(2,3)11-8-16-12(15)17(11)10-6-4-9(14)5-7-10/h4-7,11H,8H2,1-3H3,(H2,15,16). The van der Waals surface area contributed by atoms with Crippen LogP contribution in [0.15, 0.2) is 29.3 Å². The summed E-state index contributed by atoms with van der Waals surface area (Å²) in [4.78, 5) is 6.45. The van der Waals surface area contributed by atoms with Crippen LogP contribution >= 0.6 is 11.6 Å². The number of rotatable bonds is 1. The van der Waals surface area contributed by atoms with Crippen molar-refractivity contribution in [2.24, 2.45) is 16.1 Å². The summed E-state index contributed by atoms with van der Waals surface area (Å²) in [6, 6.07) is 8.01. The van der Waals surface area contributed by atoms with Crippen LogP contribution in [-0.2, 0) is 0 Å². The summed E-state index contributed by atoms with van der Waals surface area (Å²) in [5.74, 6) is 0.590. The Morgan fingerprint density at radius 1 is 1.29 bits per heavy atom. The zero-order valence-electron chi connectivity index (χ0n) is 10.4. The van der Waals surface area contributed by atoms with Crippen LogP contribution < -0.4 is 10.6 Å². The minimum absolute atomic E-state index is 0.129. The number of halogens is 1. The van der Waals surface area contributed by atoms with Gasteiger partial charge in [0.2, 0.25) is 0 Å². The fourth-order valence-corrected chi connectivity index (χ4v) is 2.20. The zero-order chi connectivity index (χ0) is 12.6. The summed E-state index contributed by atoms with van der Waals surface area (Å²) in [6.45, 7) is 7.36. The van der Waals surface area contributed by atoms with E-state index in [2.05, 4.69) is 30.7 Å². The first-order valence-corrected chi connectivity index (χ1v) is 6.12. The van der Waals surface area contributed by atoms with Crippen LogP contribution in [-0.4, -0.2) is 18.5 Å². The molecule has 0 aliphatic carbocycles. The maximum atomic E-state index is 5.98. The van der Waals surface area contributed by atoms with Crippen LogP contribution in [0.5, 0.6) is 0 Å². The molecule has 1 aliphatic rings. The van der Waals surface area contributed by atoms with Gasteiger partial charge in [0, 0.05) is 10.7 Å². The highest BCUT2D eigenvalue weighted by molar-refractivity contribution is 6.30. The number of guanidine groups is 1. The molecule has 0 radical (unpaired) electrons. The molecule has 0 amide bonds. The molecule has 0 saturated carbocycles. The Kier molecular flexibility index (Phi) is 3.04.